The maximum absolute atomic E-state index is 12.8. The Morgan fingerprint density at radius 1 is 1.21 bits per heavy atom. The Hall–Kier alpha value is -1.35. The summed E-state index contributed by atoms with van der Waals surface area (Å²) in [6.07, 6.45) is 1.04. The highest BCUT2D eigenvalue weighted by Gasteiger charge is 2.34. The van der Waals surface area contributed by atoms with Crippen LogP contribution in [0.2, 0.25) is 0 Å². The molecule has 0 saturated carbocycles. The molecule has 0 aromatic heterocycles. The number of nitrogens with one attached hydrogen (secondary N) is 1. The van der Waals surface area contributed by atoms with Gasteiger partial charge in [0.05, 0.1) is 5.41 Å². The minimum absolute atomic E-state index is 0.241. The van der Waals surface area contributed by atoms with Crippen LogP contribution in [-0.2, 0) is 10.2 Å². The van der Waals surface area contributed by atoms with Crippen LogP contribution in [0.4, 0.5) is 0 Å². The van der Waals surface area contributed by atoms with E-state index in [2.05, 4.69) is 24.4 Å². The maximum atomic E-state index is 12.8. The van der Waals surface area contributed by atoms with Gasteiger partial charge in [-0.15, -0.1) is 0 Å². The Balaban J connectivity index is 2.23. The average Bonchev–Trinajstić information content (AvgIpc) is 2.67. The predicted octanol–water partition coefficient (Wildman–Crippen LogP) is 2.09. The van der Waals surface area contributed by atoms with Crippen LogP contribution in [0.5, 0.6) is 0 Å². The van der Waals surface area contributed by atoms with E-state index in [9.17, 15) is 4.79 Å². The van der Waals surface area contributed by atoms with Crippen LogP contribution in [0.15, 0.2) is 24.3 Å². The summed E-state index contributed by atoms with van der Waals surface area (Å²) in [5.41, 5.74) is 1.88. The smallest absolute Gasteiger partial charge is 0.232 e. The lowest BCUT2D eigenvalue weighted by Crippen LogP contribution is -2.45. The topological polar surface area (TPSA) is 32.3 Å². The van der Waals surface area contributed by atoms with Gasteiger partial charge in [0.1, 0.15) is 0 Å². The van der Waals surface area contributed by atoms with Gasteiger partial charge in [-0.1, -0.05) is 24.3 Å². The average molecular weight is 260 g/mol. The van der Waals surface area contributed by atoms with Crippen LogP contribution >= 0.6 is 0 Å². The van der Waals surface area contributed by atoms with Crippen molar-refractivity contribution in [2.24, 2.45) is 0 Å². The summed E-state index contributed by atoms with van der Waals surface area (Å²) in [5, 5.41) is 3.34. The molecule has 1 N–H and O–H groups in total. The summed E-state index contributed by atoms with van der Waals surface area (Å²) in [4.78, 5) is 14.8. The molecule has 1 aliphatic heterocycles. The molecule has 1 aliphatic rings. The van der Waals surface area contributed by atoms with E-state index >= 15 is 0 Å². The van der Waals surface area contributed by atoms with E-state index in [0.29, 0.717) is 0 Å². The zero-order valence-corrected chi connectivity index (χ0v) is 12.2. The first kappa shape index (κ1) is 14.1. The van der Waals surface area contributed by atoms with Crippen molar-refractivity contribution in [3.63, 3.8) is 0 Å². The third kappa shape index (κ3) is 2.98. The maximum Gasteiger partial charge on any atom is 0.232 e. The number of aryl methyl sites for hydroxylation is 1. The van der Waals surface area contributed by atoms with Gasteiger partial charge in [-0.05, 0) is 44.9 Å². The second-order valence-electron chi connectivity index (χ2n) is 5.84. The number of rotatable bonds is 2. The molecule has 1 aromatic carbocycles. The quantitative estimate of drug-likeness (QED) is 0.883. The molecule has 0 spiro atoms. The number of benzene rings is 1. The number of hydrogen-bond donors (Lipinski definition) is 1. The Morgan fingerprint density at radius 2 is 1.95 bits per heavy atom. The van der Waals surface area contributed by atoms with Gasteiger partial charge in [-0.2, -0.15) is 0 Å². The molecule has 0 unspecified atom stereocenters. The molecule has 1 heterocycles. The van der Waals surface area contributed by atoms with Crippen molar-refractivity contribution in [2.45, 2.75) is 32.6 Å². The van der Waals surface area contributed by atoms with E-state index in [1.165, 1.54) is 5.56 Å². The number of nitrogens with zero attached hydrogens (tertiary/aromatic N) is 1. The van der Waals surface area contributed by atoms with Gasteiger partial charge >= 0.3 is 0 Å². The van der Waals surface area contributed by atoms with E-state index in [1.54, 1.807) is 0 Å². The number of carbonyl (C=O) groups is 1. The molecule has 3 nitrogen and oxygen atoms in total. The van der Waals surface area contributed by atoms with E-state index in [1.807, 2.05) is 30.9 Å². The zero-order chi connectivity index (χ0) is 13.9. The first-order chi connectivity index (χ1) is 9.03. The molecule has 1 aromatic rings. The van der Waals surface area contributed by atoms with Crippen LogP contribution in [0.3, 0.4) is 0 Å². The fourth-order valence-corrected chi connectivity index (χ4v) is 2.83. The number of carbonyl (C=O) groups excluding carboxylic acids is 1. The van der Waals surface area contributed by atoms with Gasteiger partial charge in [0, 0.05) is 19.6 Å². The van der Waals surface area contributed by atoms with Crippen molar-refractivity contribution in [1.82, 2.24) is 10.2 Å². The fourth-order valence-electron chi connectivity index (χ4n) is 2.83. The summed E-state index contributed by atoms with van der Waals surface area (Å²) in [6.45, 7) is 9.74. The first-order valence-corrected chi connectivity index (χ1v) is 7.09. The molecular formula is C16H24N2O. The van der Waals surface area contributed by atoms with Crippen molar-refractivity contribution in [1.29, 1.82) is 0 Å². The van der Waals surface area contributed by atoms with Gasteiger partial charge in [-0.25, -0.2) is 0 Å². The van der Waals surface area contributed by atoms with E-state index in [0.717, 1.165) is 38.2 Å². The summed E-state index contributed by atoms with van der Waals surface area (Å²) in [6, 6.07) is 8.19. The number of amides is 1. The molecule has 1 saturated heterocycles. The highest BCUT2D eigenvalue weighted by molar-refractivity contribution is 5.87. The number of hydrogen-bond acceptors (Lipinski definition) is 2. The Bertz CT molecular complexity index is 446. The Labute approximate surface area is 116 Å². The Kier molecular flexibility index (Phi) is 4.25. The summed E-state index contributed by atoms with van der Waals surface area (Å²) < 4.78 is 0. The van der Waals surface area contributed by atoms with E-state index in [-0.39, 0.29) is 5.91 Å². The highest BCUT2D eigenvalue weighted by atomic mass is 16.2. The van der Waals surface area contributed by atoms with Gasteiger partial charge in [0.2, 0.25) is 5.91 Å². The minimum Gasteiger partial charge on any atom is -0.341 e. The van der Waals surface area contributed by atoms with E-state index in [4.69, 9.17) is 0 Å². The van der Waals surface area contributed by atoms with Crippen molar-refractivity contribution in [3.8, 4) is 0 Å². The zero-order valence-electron chi connectivity index (χ0n) is 12.2. The van der Waals surface area contributed by atoms with Gasteiger partial charge in [0.15, 0.2) is 0 Å². The van der Waals surface area contributed by atoms with Crippen LogP contribution in [0.1, 0.15) is 31.4 Å². The SMILES string of the molecule is Cc1ccccc1C(C)(C)C(=O)N1CCCNCC1. The van der Waals surface area contributed by atoms with Gasteiger partial charge in [0.25, 0.3) is 0 Å². The molecule has 19 heavy (non-hydrogen) atoms. The fraction of sp³-hybridized carbons (Fsp3) is 0.562. The lowest BCUT2D eigenvalue weighted by atomic mass is 9.80. The normalized spacial score (nSPS) is 17.1. The van der Waals surface area contributed by atoms with Crippen LogP contribution in [-0.4, -0.2) is 37.0 Å². The summed E-state index contributed by atoms with van der Waals surface area (Å²) >= 11 is 0. The molecule has 0 radical (unpaired) electrons. The van der Waals surface area contributed by atoms with Gasteiger partial charge in [-0.3, -0.25) is 4.79 Å². The standard InChI is InChI=1S/C16H24N2O/c1-13-7-4-5-8-14(13)16(2,3)15(19)18-11-6-9-17-10-12-18/h4-5,7-8,17H,6,9-12H2,1-3H3. The largest absolute Gasteiger partial charge is 0.341 e. The highest BCUT2D eigenvalue weighted by Crippen LogP contribution is 2.28. The first-order valence-electron chi connectivity index (χ1n) is 7.09. The molecule has 0 aliphatic carbocycles. The van der Waals surface area contributed by atoms with Crippen molar-refractivity contribution in [2.75, 3.05) is 26.2 Å². The summed E-state index contributed by atoms with van der Waals surface area (Å²) in [7, 11) is 0. The lowest BCUT2D eigenvalue weighted by Gasteiger charge is -2.32. The Morgan fingerprint density at radius 3 is 2.68 bits per heavy atom. The van der Waals surface area contributed by atoms with Crippen molar-refractivity contribution < 1.29 is 4.79 Å². The molecule has 2 rings (SSSR count). The molecule has 1 fully saturated rings. The van der Waals surface area contributed by atoms with Crippen molar-refractivity contribution >= 4 is 5.91 Å². The molecule has 104 valence electrons. The second-order valence-corrected chi connectivity index (χ2v) is 5.84. The van der Waals surface area contributed by atoms with E-state index < -0.39 is 5.41 Å². The van der Waals surface area contributed by atoms with Crippen molar-refractivity contribution in [3.05, 3.63) is 35.4 Å². The molecular weight excluding hydrogens is 236 g/mol. The molecule has 0 atom stereocenters. The molecule has 3 heteroatoms. The van der Waals surface area contributed by atoms with Crippen LogP contribution in [0.25, 0.3) is 0 Å². The second kappa shape index (κ2) is 5.74. The summed E-state index contributed by atoms with van der Waals surface area (Å²) in [5.74, 6) is 0.241. The lowest BCUT2D eigenvalue weighted by molar-refractivity contribution is -0.136. The third-order valence-corrected chi connectivity index (χ3v) is 3.98. The monoisotopic (exact) mass is 260 g/mol. The predicted molar refractivity (Wildman–Crippen MR) is 78.3 cm³/mol. The van der Waals surface area contributed by atoms with Gasteiger partial charge < -0.3 is 10.2 Å². The molecule has 0 bridgehead atoms. The van der Waals surface area contributed by atoms with Crippen LogP contribution in [0, 0.1) is 6.92 Å². The van der Waals surface area contributed by atoms with Crippen LogP contribution < -0.4 is 5.32 Å². The minimum atomic E-state index is -0.449. The molecule has 1 amide bonds. The third-order valence-electron chi connectivity index (χ3n) is 3.98.